The zero-order chi connectivity index (χ0) is 34.8. The number of unbranched alkanes of at least 4 members (excludes halogenated alkanes) is 1. The van der Waals surface area contributed by atoms with Crippen LogP contribution in [0.2, 0.25) is 0 Å². The second-order valence-electron chi connectivity index (χ2n) is 12.8. The van der Waals surface area contributed by atoms with E-state index in [9.17, 15) is 0 Å². The van der Waals surface area contributed by atoms with Gasteiger partial charge in [0.05, 0.1) is 54.7 Å². The van der Waals surface area contributed by atoms with Crippen molar-refractivity contribution in [3.05, 3.63) is 188 Å². The van der Waals surface area contributed by atoms with Gasteiger partial charge in [-0.2, -0.15) is 6.42 Å². The van der Waals surface area contributed by atoms with Gasteiger partial charge in [-0.15, -0.1) is 0 Å². The SMILES string of the molecule is CCC[CH-]Nc1c(C)cccc1C.[Ni+3].c1ccc([PH+](CC[PH+](c2ccccc2)c2ccccc2)CC[PH+](c2ccccc2)c2ccccc2)cc1. The fourth-order valence-corrected chi connectivity index (χ4v) is 16.6. The van der Waals surface area contributed by atoms with Gasteiger partial charge in [0.2, 0.25) is 0 Å². The van der Waals surface area contributed by atoms with Gasteiger partial charge < -0.3 is 5.32 Å². The monoisotopic (exact) mass is 771 g/mol. The molecule has 0 saturated heterocycles. The van der Waals surface area contributed by atoms with Gasteiger partial charge in [0.15, 0.2) is 0 Å². The van der Waals surface area contributed by atoms with Crippen LogP contribution in [0.5, 0.6) is 0 Å². The van der Waals surface area contributed by atoms with E-state index in [1.807, 2.05) is 0 Å². The molecule has 6 aromatic rings. The molecule has 0 aliphatic rings. The van der Waals surface area contributed by atoms with Crippen molar-refractivity contribution in [3.8, 4) is 0 Å². The minimum atomic E-state index is -0.809. The Bertz CT molecular complexity index is 1600. The molecule has 0 fully saturated rings. The number of aryl methyl sites for hydroxylation is 2. The Hall–Kier alpha value is -3.10. The second kappa shape index (κ2) is 22.8. The van der Waals surface area contributed by atoms with Crippen LogP contribution in [0.25, 0.3) is 0 Å². The molecule has 0 atom stereocenters. The van der Waals surface area contributed by atoms with Gasteiger partial charge in [0.1, 0.15) is 12.3 Å². The molecule has 0 unspecified atom stereocenters. The van der Waals surface area contributed by atoms with E-state index in [2.05, 4.69) is 202 Å². The predicted octanol–water partition coefficient (Wildman–Crippen LogP) is 9.93. The van der Waals surface area contributed by atoms with E-state index < -0.39 is 23.8 Å². The molecule has 1 nitrogen and oxygen atoms in total. The first kappa shape index (κ1) is 40.7. The smallest absolute Gasteiger partial charge is 0.535 e. The third-order valence-corrected chi connectivity index (χ3v) is 18.7. The Labute approximate surface area is 321 Å². The summed E-state index contributed by atoms with van der Waals surface area (Å²) in [5.41, 5.74) is 3.88. The quantitative estimate of drug-likeness (QED) is 0.0475. The van der Waals surface area contributed by atoms with Gasteiger partial charge in [-0.25, -0.2) is 6.54 Å². The maximum atomic E-state index is 3.36. The fraction of sp³-hybridized carbons (Fsp3) is 0.196. The summed E-state index contributed by atoms with van der Waals surface area (Å²) in [6.45, 7) is 8.59. The van der Waals surface area contributed by atoms with E-state index in [4.69, 9.17) is 0 Å². The van der Waals surface area contributed by atoms with Crippen molar-refractivity contribution in [3.63, 3.8) is 0 Å². The predicted molar refractivity (Wildman–Crippen MR) is 234 cm³/mol. The average Bonchev–Trinajstić information content (AvgIpc) is 3.18. The normalized spacial score (nSPS) is 10.8. The summed E-state index contributed by atoms with van der Waals surface area (Å²) >= 11 is 0. The van der Waals surface area contributed by atoms with Gasteiger partial charge in [-0.3, -0.25) is 0 Å². The summed E-state index contributed by atoms with van der Waals surface area (Å²) in [5.74, 6) is 0. The van der Waals surface area contributed by atoms with E-state index in [1.54, 1.807) is 5.30 Å². The second-order valence-corrected chi connectivity index (χ2v) is 20.8. The largest absolute Gasteiger partial charge is 3.00 e. The van der Waals surface area contributed by atoms with Crippen molar-refractivity contribution in [2.75, 3.05) is 30.0 Å². The Balaban J connectivity index is 0.000000353. The van der Waals surface area contributed by atoms with Gasteiger partial charge in [-0.05, 0) is 85.6 Å². The Kier molecular flexibility index (Phi) is 18.1. The number of para-hydroxylation sites is 1. The summed E-state index contributed by atoms with van der Waals surface area (Å²) in [4.78, 5) is 0. The van der Waals surface area contributed by atoms with Crippen LogP contribution in [0.15, 0.2) is 170 Å². The summed E-state index contributed by atoms with van der Waals surface area (Å²) in [6, 6.07) is 62.8. The van der Waals surface area contributed by atoms with E-state index in [-0.39, 0.29) is 16.5 Å². The molecule has 0 bridgehead atoms. The molecule has 0 aliphatic carbocycles. The van der Waals surface area contributed by atoms with Crippen molar-refractivity contribution in [2.24, 2.45) is 0 Å². The van der Waals surface area contributed by atoms with Gasteiger partial charge >= 0.3 is 16.5 Å². The fourth-order valence-electron chi connectivity index (χ4n) is 6.47. The minimum absolute atomic E-state index is 0. The number of hydrogen-bond acceptors (Lipinski definition) is 1. The van der Waals surface area contributed by atoms with Crippen molar-refractivity contribution in [2.45, 2.75) is 33.6 Å². The summed E-state index contributed by atoms with van der Waals surface area (Å²) < 4.78 is 0. The van der Waals surface area contributed by atoms with Crippen LogP contribution >= 0.6 is 23.8 Å². The van der Waals surface area contributed by atoms with Gasteiger partial charge in [0, 0.05) is 13.6 Å². The zero-order valence-electron chi connectivity index (χ0n) is 30.3. The van der Waals surface area contributed by atoms with Gasteiger partial charge in [0.25, 0.3) is 0 Å². The van der Waals surface area contributed by atoms with Crippen LogP contribution in [0.4, 0.5) is 5.69 Å². The van der Waals surface area contributed by atoms with E-state index in [1.165, 1.54) is 69.1 Å². The maximum absolute atomic E-state index is 3.36. The van der Waals surface area contributed by atoms with Crippen LogP contribution in [0, 0.1) is 20.4 Å². The number of rotatable bonds is 15. The molecule has 0 spiro atoms. The van der Waals surface area contributed by atoms with Crippen molar-refractivity contribution in [1.29, 1.82) is 0 Å². The molecular formula is C46H54NNiP3+5. The molecular weight excluding hydrogens is 718 g/mol. The van der Waals surface area contributed by atoms with E-state index in [0.717, 1.165) is 6.42 Å². The molecule has 263 valence electrons. The van der Waals surface area contributed by atoms with Crippen molar-refractivity contribution >= 4 is 56.0 Å². The summed E-state index contributed by atoms with van der Waals surface area (Å²) in [6.07, 6.45) is 7.55. The third-order valence-electron chi connectivity index (χ3n) is 9.19. The first-order valence-corrected chi connectivity index (χ1v) is 23.4. The van der Waals surface area contributed by atoms with E-state index in [0.29, 0.717) is 0 Å². The Morgan fingerprint density at radius 3 is 1.10 bits per heavy atom. The van der Waals surface area contributed by atoms with Crippen molar-refractivity contribution in [1.82, 2.24) is 0 Å². The van der Waals surface area contributed by atoms with Gasteiger partial charge in [-0.1, -0.05) is 123 Å². The van der Waals surface area contributed by atoms with Crippen molar-refractivity contribution < 1.29 is 16.5 Å². The maximum Gasteiger partial charge on any atom is 3.00 e. The average molecular weight is 773 g/mol. The standard InChI is InChI=1S/C34H33P3.C12H18N.Ni/c1-6-16-30(17-7-1)35(26-28-36(31-18-8-2-9-19-31)32-20-10-3-11-21-32)27-29-37(33-22-12-4-13-23-33)34-24-14-5-15-25-34;1-4-5-9-13-12-10(2)7-6-8-11(12)3;/h1-25H,26-29H2;6-9,13H,4-5H2,1-3H3;/q;-1;+3/p+3. The first-order chi connectivity index (χ1) is 24.6. The molecule has 0 heterocycles. The molecule has 1 N–H and O–H groups in total. The molecule has 0 saturated carbocycles. The first-order valence-electron chi connectivity index (χ1n) is 18.1. The molecule has 0 amide bonds. The molecule has 1 radical (unpaired) electrons. The summed E-state index contributed by atoms with van der Waals surface area (Å²) in [7, 11) is -2.31. The molecule has 51 heavy (non-hydrogen) atoms. The number of anilines is 1. The molecule has 6 aromatic carbocycles. The number of benzene rings is 6. The van der Waals surface area contributed by atoms with E-state index >= 15 is 0 Å². The molecule has 6 rings (SSSR count). The topological polar surface area (TPSA) is 12.0 Å². The van der Waals surface area contributed by atoms with Crippen LogP contribution < -0.4 is 31.8 Å². The zero-order valence-corrected chi connectivity index (χ0v) is 34.3. The molecule has 0 aliphatic heterocycles. The Morgan fingerprint density at radius 1 is 0.431 bits per heavy atom. The van der Waals surface area contributed by atoms with Crippen LogP contribution in [-0.2, 0) is 16.5 Å². The Morgan fingerprint density at radius 2 is 0.765 bits per heavy atom. The number of hydrogen-bond donors (Lipinski definition) is 1. The summed E-state index contributed by atoms with van der Waals surface area (Å²) in [5, 5.41) is 11.1. The van der Waals surface area contributed by atoms with Crippen LogP contribution in [0.3, 0.4) is 0 Å². The number of nitrogens with one attached hydrogen (secondary N) is 1. The molecule has 0 aromatic heterocycles. The third kappa shape index (κ3) is 12.8. The minimum Gasteiger partial charge on any atom is -0.535 e. The molecule has 5 heteroatoms. The van der Waals surface area contributed by atoms with Crippen LogP contribution in [0.1, 0.15) is 30.9 Å². The van der Waals surface area contributed by atoms with Crippen LogP contribution in [-0.4, -0.2) is 24.6 Å².